The van der Waals surface area contributed by atoms with Gasteiger partial charge in [-0.15, -0.1) is 0 Å². The number of hydrogen-bond donors (Lipinski definition) is 1. The van der Waals surface area contributed by atoms with Gasteiger partial charge in [0.25, 0.3) is 0 Å². The Bertz CT molecular complexity index is 563. The quantitative estimate of drug-likeness (QED) is 0.846. The van der Waals surface area contributed by atoms with E-state index in [1.54, 1.807) is 6.26 Å². The van der Waals surface area contributed by atoms with Crippen molar-refractivity contribution in [2.24, 2.45) is 0 Å². The van der Waals surface area contributed by atoms with Gasteiger partial charge in [-0.3, -0.25) is 0 Å². The van der Waals surface area contributed by atoms with E-state index in [2.05, 4.69) is 42.0 Å². The Kier molecular flexibility index (Phi) is 5.26. The first-order valence-electron chi connectivity index (χ1n) is 6.73. The van der Waals surface area contributed by atoms with Crippen LogP contribution < -0.4 is 10.1 Å². The monoisotopic (exact) mass is 337 g/mol. The summed E-state index contributed by atoms with van der Waals surface area (Å²) in [5, 5.41) is 3.36. The van der Waals surface area contributed by atoms with Crippen molar-refractivity contribution in [3.8, 4) is 5.75 Å². The van der Waals surface area contributed by atoms with Crippen molar-refractivity contribution in [3.05, 3.63) is 51.9 Å². The number of benzene rings is 1. The van der Waals surface area contributed by atoms with Gasteiger partial charge in [0.15, 0.2) is 0 Å². The molecule has 0 atom stereocenters. The minimum atomic E-state index is 0.434. The molecule has 0 saturated heterocycles. The van der Waals surface area contributed by atoms with Crippen molar-refractivity contribution >= 4 is 15.9 Å². The first-order chi connectivity index (χ1) is 9.54. The third kappa shape index (κ3) is 4.39. The molecule has 108 valence electrons. The lowest BCUT2D eigenvalue weighted by Gasteiger charge is -2.07. The zero-order valence-corrected chi connectivity index (χ0v) is 13.7. The van der Waals surface area contributed by atoms with Crippen LogP contribution in [0.1, 0.15) is 30.7 Å². The predicted octanol–water partition coefficient (Wildman–Crippen LogP) is 4.43. The fourth-order valence-corrected chi connectivity index (χ4v) is 2.40. The number of halogens is 1. The van der Waals surface area contributed by atoms with Crippen molar-refractivity contribution < 1.29 is 9.15 Å². The van der Waals surface area contributed by atoms with Crippen LogP contribution in [0.5, 0.6) is 5.75 Å². The summed E-state index contributed by atoms with van der Waals surface area (Å²) in [6.07, 6.45) is 1.78. The Labute approximate surface area is 128 Å². The van der Waals surface area contributed by atoms with E-state index in [-0.39, 0.29) is 0 Å². The van der Waals surface area contributed by atoms with Gasteiger partial charge in [-0.2, -0.15) is 0 Å². The molecular formula is C16H20BrNO2. The van der Waals surface area contributed by atoms with E-state index in [0.717, 1.165) is 28.1 Å². The second kappa shape index (κ2) is 6.95. The Morgan fingerprint density at radius 3 is 2.80 bits per heavy atom. The van der Waals surface area contributed by atoms with Gasteiger partial charge in [0, 0.05) is 18.2 Å². The lowest BCUT2D eigenvalue weighted by Crippen LogP contribution is -2.21. The van der Waals surface area contributed by atoms with Crippen LogP contribution >= 0.6 is 15.9 Å². The molecule has 3 nitrogen and oxygen atoms in total. The average molecular weight is 338 g/mol. The molecule has 0 aliphatic rings. The Hall–Kier alpha value is -1.26. The highest BCUT2D eigenvalue weighted by Crippen LogP contribution is 2.26. The molecule has 2 rings (SSSR count). The molecule has 0 spiro atoms. The van der Waals surface area contributed by atoms with Crippen LogP contribution in [0, 0.1) is 6.92 Å². The highest BCUT2D eigenvalue weighted by Gasteiger charge is 2.06. The van der Waals surface area contributed by atoms with Gasteiger partial charge in [-0.05, 0) is 46.6 Å². The van der Waals surface area contributed by atoms with Crippen molar-refractivity contribution in [2.75, 3.05) is 0 Å². The number of ether oxygens (including phenoxy) is 1. The summed E-state index contributed by atoms with van der Waals surface area (Å²) in [5.74, 6) is 1.66. The normalized spacial score (nSPS) is 11.1. The third-order valence-corrected chi connectivity index (χ3v) is 3.50. The minimum absolute atomic E-state index is 0.434. The average Bonchev–Trinajstić information content (AvgIpc) is 2.83. The summed E-state index contributed by atoms with van der Waals surface area (Å²) in [6.45, 7) is 7.55. The lowest BCUT2D eigenvalue weighted by molar-refractivity contribution is 0.268. The molecule has 0 bridgehead atoms. The number of nitrogens with one attached hydrogen (secondary N) is 1. The van der Waals surface area contributed by atoms with Crippen LogP contribution in [0.25, 0.3) is 0 Å². The Morgan fingerprint density at radius 1 is 1.30 bits per heavy atom. The summed E-state index contributed by atoms with van der Waals surface area (Å²) in [5.41, 5.74) is 2.34. The fourth-order valence-electron chi connectivity index (χ4n) is 1.79. The fraction of sp³-hybridized carbons (Fsp3) is 0.375. The molecule has 4 heteroatoms. The van der Waals surface area contributed by atoms with Crippen LogP contribution in [0.15, 0.2) is 39.4 Å². The van der Waals surface area contributed by atoms with Gasteiger partial charge < -0.3 is 14.5 Å². The maximum absolute atomic E-state index is 5.76. The van der Waals surface area contributed by atoms with Gasteiger partial charge >= 0.3 is 0 Å². The predicted molar refractivity (Wildman–Crippen MR) is 83.9 cm³/mol. The van der Waals surface area contributed by atoms with Gasteiger partial charge in [-0.1, -0.05) is 19.9 Å². The maximum Gasteiger partial charge on any atom is 0.146 e. The van der Waals surface area contributed by atoms with Crippen LogP contribution in [0.4, 0.5) is 0 Å². The molecule has 0 aliphatic carbocycles. The molecule has 20 heavy (non-hydrogen) atoms. The number of aryl methyl sites for hydroxylation is 1. The van der Waals surface area contributed by atoms with Crippen LogP contribution in [-0.2, 0) is 13.2 Å². The van der Waals surface area contributed by atoms with E-state index in [9.17, 15) is 0 Å². The minimum Gasteiger partial charge on any atom is -0.484 e. The van der Waals surface area contributed by atoms with E-state index >= 15 is 0 Å². The van der Waals surface area contributed by atoms with Crippen molar-refractivity contribution in [2.45, 2.75) is 40.0 Å². The molecule has 0 fully saturated rings. The van der Waals surface area contributed by atoms with Gasteiger partial charge in [-0.25, -0.2) is 0 Å². The van der Waals surface area contributed by atoms with E-state index in [1.807, 2.05) is 24.3 Å². The Morgan fingerprint density at radius 2 is 2.10 bits per heavy atom. The standard InChI is InChI=1S/C16H20BrNO2/c1-11(2)18-8-13-7-14(19-9-13)10-20-16-5-4-12(3)6-15(16)17/h4-7,9,11,18H,8,10H2,1-3H3. The van der Waals surface area contributed by atoms with Gasteiger partial charge in [0.1, 0.15) is 18.1 Å². The van der Waals surface area contributed by atoms with Gasteiger partial charge in [0.2, 0.25) is 0 Å². The zero-order valence-electron chi connectivity index (χ0n) is 12.1. The molecule has 2 aromatic rings. The van der Waals surface area contributed by atoms with E-state index < -0.39 is 0 Å². The van der Waals surface area contributed by atoms with E-state index in [4.69, 9.17) is 9.15 Å². The summed E-state index contributed by atoms with van der Waals surface area (Å²) < 4.78 is 12.2. The van der Waals surface area contributed by atoms with Crippen molar-refractivity contribution in [1.82, 2.24) is 5.32 Å². The Balaban J connectivity index is 1.90. The third-order valence-electron chi connectivity index (χ3n) is 2.88. The largest absolute Gasteiger partial charge is 0.484 e. The van der Waals surface area contributed by atoms with Crippen LogP contribution in [-0.4, -0.2) is 6.04 Å². The second-order valence-electron chi connectivity index (χ2n) is 5.18. The maximum atomic E-state index is 5.76. The van der Waals surface area contributed by atoms with Crippen molar-refractivity contribution in [1.29, 1.82) is 0 Å². The van der Waals surface area contributed by atoms with Crippen molar-refractivity contribution in [3.63, 3.8) is 0 Å². The molecule has 0 radical (unpaired) electrons. The molecule has 0 unspecified atom stereocenters. The summed E-state index contributed by atoms with van der Waals surface area (Å²) in [4.78, 5) is 0. The molecule has 1 heterocycles. The number of furan rings is 1. The molecule has 0 aliphatic heterocycles. The molecule has 0 saturated carbocycles. The van der Waals surface area contributed by atoms with E-state index in [1.165, 1.54) is 5.56 Å². The molecule has 1 aromatic carbocycles. The number of rotatable bonds is 6. The summed E-state index contributed by atoms with van der Waals surface area (Å²) in [7, 11) is 0. The first-order valence-corrected chi connectivity index (χ1v) is 7.52. The lowest BCUT2D eigenvalue weighted by atomic mass is 10.2. The molecule has 1 aromatic heterocycles. The van der Waals surface area contributed by atoms with Gasteiger partial charge in [0.05, 0.1) is 10.7 Å². The second-order valence-corrected chi connectivity index (χ2v) is 6.03. The molecular weight excluding hydrogens is 318 g/mol. The smallest absolute Gasteiger partial charge is 0.146 e. The van der Waals surface area contributed by atoms with Crippen LogP contribution in [0.3, 0.4) is 0 Å². The van der Waals surface area contributed by atoms with Crippen LogP contribution in [0.2, 0.25) is 0 Å². The SMILES string of the molecule is Cc1ccc(OCc2cc(CNC(C)C)co2)c(Br)c1. The highest BCUT2D eigenvalue weighted by molar-refractivity contribution is 9.10. The molecule has 1 N–H and O–H groups in total. The topological polar surface area (TPSA) is 34.4 Å². The van der Waals surface area contributed by atoms with E-state index in [0.29, 0.717) is 12.6 Å². The first kappa shape index (κ1) is 15.1. The molecule has 0 amide bonds. The summed E-state index contributed by atoms with van der Waals surface area (Å²) in [6, 6.07) is 8.52. The number of hydrogen-bond acceptors (Lipinski definition) is 3. The zero-order chi connectivity index (χ0) is 14.5. The summed E-state index contributed by atoms with van der Waals surface area (Å²) >= 11 is 3.50. The highest BCUT2D eigenvalue weighted by atomic mass is 79.9.